The Hall–Kier alpha value is 0.620. The van der Waals surface area contributed by atoms with Gasteiger partial charge in [0.25, 0.3) is 0 Å². The van der Waals surface area contributed by atoms with Gasteiger partial charge in [-0.3, -0.25) is 0 Å². The molecule has 2 nitrogen and oxygen atoms in total. The van der Waals surface area contributed by atoms with Gasteiger partial charge in [-0.05, 0) is 43.6 Å². The van der Waals surface area contributed by atoms with E-state index in [9.17, 15) is 0 Å². The van der Waals surface area contributed by atoms with Gasteiger partial charge in [0.05, 0.1) is 6.17 Å². The van der Waals surface area contributed by atoms with Gasteiger partial charge < -0.3 is 11.1 Å². The van der Waals surface area contributed by atoms with Crippen molar-refractivity contribution in [2.75, 3.05) is 24.3 Å². The molecule has 4 heteroatoms. The normalized spacial score (nSPS) is 15.2. The number of thioether (sulfide) groups is 2. The van der Waals surface area contributed by atoms with Crippen LogP contribution in [-0.4, -0.2) is 35.7 Å². The monoisotopic (exact) mass is 250 g/mol. The van der Waals surface area contributed by atoms with Gasteiger partial charge in [-0.25, -0.2) is 0 Å². The van der Waals surface area contributed by atoms with Gasteiger partial charge >= 0.3 is 0 Å². The lowest BCUT2D eigenvalue weighted by Gasteiger charge is -2.22. The molecule has 0 saturated carbocycles. The van der Waals surface area contributed by atoms with Gasteiger partial charge in [0, 0.05) is 5.25 Å². The van der Waals surface area contributed by atoms with E-state index in [-0.39, 0.29) is 6.17 Å². The lowest BCUT2D eigenvalue weighted by molar-refractivity contribution is 0.532. The Labute approximate surface area is 104 Å². The van der Waals surface area contributed by atoms with Crippen LogP contribution < -0.4 is 11.1 Å². The van der Waals surface area contributed by atoms with Crippen LogP contribution in [0.25, 0.3) is 0 Å². The van der Waals surface area contributed by atoms with E-state index in [1.165, 1.54) is 30.8 Å². The van der Waals surface area contributed by atoms with E-state index < -0.39 is 0 Å². The average molecular weight is 250 g/mol. The van der Waals surface area contributed by atoms with Gasteiger partial charge in [0.15, 0.2) is 0 Å². The average Bonchev–Trinajstić information content (AvgIpc) is 2.26. The van der Waals surface area contributed by atoms with Crippen LogP contribution >= 0.6 is 23.5 Å². The van der Waals surface area contributed by atoms with Crippen molar-refractivity contribution in [2.24, 2.45) is 5.73 Å². The highest BCUT2D eigenvalue weighted by Gasteiger charge is 2.15. The summed E-state index contributed by atoms with van der Waals surface area (Å²) in [6, 6.07) is 0. The molecule has 2 atom stereocenters. The molecule has 0 aliphatic carbocycles. The van der Waals surface area contributed by atoms with E-state index in [0.717, 1.165) is 5.75 Å². The molecule has 3 N–H and O–H groups in total. The number of nitrogens with two attached hydrogens (primary N) is 1. The van der Waals surface area contributed by atoms with Gasteiger partial charge in [-0.2, -0.15) is 23.5 Å². The summed E-state index contributed by atoms with van der Waals surface area (Å²) in [7, 11) is 1.94. The Bertz CT molecular complexity index is 134. The molecule has 0 amide bonds. The Kier molecular flexibility index (Phi) is 11.6. The van der Waals surface area contributed by atoms with Crippen molar-refractivity contribution in [2.45, 2.75) is 44.5 Å². The molecule has 0 heterocycles. The third kappa shape index (κ3) is 8.43. The minimum absolute atomic E-state index is 0.145. The number of hydrogen-bond donors (Lipinski definition) is 2. The van der Waals surface area contributed by atoms with Crippen LogP contribution in [0.15, 0.2) is 0 Å². The van der Waals surface area contributed by atoms with E-state index in [2.05, 4.69) is 30.9 Å². The largest absolute Gasteiger partial charge is 0.315 e. The summed E-state index contributed by atoms with van der Waals surface area (Å²) in [6.45, 7) is 4.44. The van der Waals surface area contributed by atoms with E-state index >= 15 is 0 Å². The summed E-state index contributed by atoms with van der Waals surface area (Å²) in [5.41, 5.74) is 6.01. The second-order valence-corrected chi connectivity index (χ2v) is 6.30. The predicted octanol–water partition coefficient (Wildman–Crippen LogP) is 2.54. The van der Waals surface area contributed by atoms with Crippen LogP contribution in [-0.2, 0) is 0 Å². The van der Waals surface area contributed by atoms with Crippen molar-refractivity contribution in [3.05, 3.63) is 0 Å². The second kappa shape index (κ2) is 11.1. The van der Waals surface area contributed by atoms with Crippen molar-refractivity contribution in [3.8, 4) is 0 Å². The van der Waals surface area contributed by atoms with E-state index in [4.69, 9.17) is 5.73 Å². The fourth-order valence-electron chi connectivity index (χ4n) is 1.40. The molecule has 0 saturated heterocycles. The lowest BCUT2D eigenvalue weighted by Crippen LogP contribution is -2.43. The summed E-state index contributed by atoms with van der Waals surface area (Å²) in [5.74, 6) is 3.73. The van der Waals surface area contributed by atoms with Gasteiger partial charge in [0.1, 0.15) is 0 Å². The van der Waals surface area contributed by atoms with E-state index in [1.807, 2.05) is 18.8 Å². The van der Waals surface area contributed by atoms with Crippen LogP contribution in [0.5, 0.6) is 0 Å². The topological polar surface area (TPSA) is 38.0 Å². The number of hydrogen-bond acceptors (Lipinski definition) is 4. The van der Waals surface area contributed by atoms with Crippen molar-refractivity contribution in [1.29, 1.82) is 0 Å². The third-order valence-electron chi connectivity index (χ3n) is 2.24. The molecule has 92 valence electrons. The maximum Gasteiger partial charge on any atom is 0.0666 e. The molecular weight excluding hydrogens is 224 g/mol. The number of rotatable bonds is 10. The molecule has 0 spiro atoms. The van der Waals surface area contributed by atoms with Gasteiger partial charge in [-0.15, -0.1) is 0 Å². The molecular formula is C11H26N2S2. The fourth-order valence-corrected chi connectivity index (χ4v) is 3.37. The van der Waals surface area contributed by atoms with Crippen molar-refractivity contribution < 1.29 is 0 Å². The van der Waals surface area contributed by atoms with Crippen LogP contribution in [0.2, 0.25) is 0 Å². The molecule has 0 radical (unpaired) electrons. The predicted molar refractivity (Wildman–Crippen MR) is 75.8 cm³/mol. The molecule has 0 aliphatic heterocycles. The first-order valence-electron chi connectivity index (χ1n) is 5.88. The van der Waals surface area contributed by atoms with Crippen LogP contribution in [0.3, 0.4) is 0 Å². The summed E-state index contributed by atoms with van der Waals surface area (Å²) in [4.78, 5) is 0. The molecule has 15 heavy (non-hydrogen) atoms. The van der Waals surface area contributed by atoms with Gasteiger partial charge in [-0.1, -0.05) is 13.8 Å². The lowest BCUT2D eigenvalue weighted by atomic mass is 10.2. The fraction of sp³-hybridized carbons (Fsp3) is 1.00. The second-order valence-electron chi connectivity index (χ2n) is 3.56. The number of nitrogens with one attached hydrogen (secondary N) is 1. The van der Waals surface area contributed by atoms with Crippen LogP contribution in [0.4, 0.5) is 0 Å². The van der Waals surface area contributed by atoms with E-state index in [1.54, 1.807) is 0 Å². The highest BCUT2D eigenvalue weighted by Crippen LogP contribution is 2.19. The summed E-state index contributed by atoms with van der Waals surface area (Å²) < 4.78 is 0. The van der Waals surface area contributed by atoms with Crippen LogP contribution in [0, 0.1) is 0 Å². The highest BCUT2D eigenvalue weighted by molar-refractivity contribution is 8.00. The first kappa shape index (κ1) is 15.6. The third-order valence-corrected chi connectivity index (χ3v) is 4.81. The molecule has 0 fully saturated rings. The van der Waals surface area contributed by atoms with E-state index in [0.29, 0.717) is 5.25 Å². The standard InChI is InChI=1S/C11H26N2S2/c1-4-8-14-9-6-7-10(15-5-2)11(12)13-3/h10-11,13H,4-9,12H2,1-3H3. The SMILES string of the molecule is CCCSCCCC(SCC)C(N)NC. The smallest absolute Gasteiger partial charge is 0.0666 e. The molecule has 0 aromatic rings. The van der Waals surface area contributed by atoms with Crippen LogP contribution in [0.1, 0.15) is 33.1 Å². The zero-order valence-electron chi connectivity index (χ0n) is 10.3. The minimum atomic E-state index is 0.145. The Morgan fingerprint density at radius 3 is 2.53 bits per heavy atom. The Morgan fingerprint density at radius 2 is 2.00 bits per heavy atom. The highest BCUT2D eigenvalue weighted by atomic mass is 32.2. The van der Waals surface area contributed by atoms with Gasteiger partial charge in [0.2, 0.25) is 0 Å². The quantitative estimate of drug-likeness (QED) is 0.462. The molecule has 0 aromatic carbocycles. The maximum atomic E-state index is 6.01. The molecule has 2 unspecified atom stereocenters. The maximum absolute atomic E-state index is 6.01. The Balaban J connectivity index is 3.56. The van der Waals surface area contributed by atoms with Crippen molar-refractivity contribution >= 4 is 23.5 Å². The van der Waals surface area contributed by atoms with Crippen molar-refractivity contribution in [3.63, 3.8) is 0 Å². The summed E-state index contributed by atoms with van der Waals surface area (Å²) in [6.07, 6.45) is 3.95. The first-order chi connectivity index (χ1) is 7.26. The Morgan fingerprint density at radius 1 is 1.27 bits per heavy atom. The zero-order valence-corrected chi connectivity index (χ0v) is 11.9. The molecule has 0 aromatic heterocycles. The zero-order chi connectivity index (χ0) is 11.5. The summed E-state index contributed by atoms with van der Waals surface area (Å²) in [5, 5.41) is 3.72. The molecule has 0 rings (SSSR count). The minimum Gasteiger partial charge on any atom is -0.315 e. The molecule has 0 aliphatic rings. The summed E-state index contributed by atoms with van der Waals surface area (Å²) >= 11 is 4.04. The van der Waals surface area contributed by atoms with Crippen molar-refractivity contribution in [1.82, 2.24) is 5.32 Å². The molecule has 0 bridgehead atoms. The first-order valence-corrected chi connectivity index (χ1v) is 8.08.